The number of hydrogen-bond donors (Lipinski definition) is 4. The summed E-state index contributed by atoms with van der Waals surface area (Å²) < 4.78 is 6.05. The number of hydrogen-bond acceptors (Lipinski definition) is 9. The first kappa shape index (κ1) is 14.6. The molecule has 3 aliphatic heterocycles. The molecule has 0 spiro atoms. The fourth-order valence-corrected chi connectivity index (χ4v) is 3.32. The minimum atomic E-state index is -0.220. The second-order valence-corrected chi connectivity index (χ2v) is 5.63. The van der Waals surface area contributed by atoms with Gasteiger partial charge in [-0.05, 0) is 12.3 Å². The minimum Gasteiger partial charge on any atom is -0.357 e. The van der Waals surface area contributed by atoms with E-state index in [0.717, 1.165) is 6.42 Å². The summed E-state index contributed by atoms with van der Waals surface area (Å²) in [6.45, 7) is 3.25. The number of ether oxygens (including phenoxy) is 1. The van der Waals surface area contributed by atoms with Gasteiger partial charge in [0, 0.05) is 0 Å². The van der Waals surface area contributed by atoms with Gasteiger partial charge >= 0.3 is 0 Å². The number of fused-ring (bicyclic) bond motifs is 1. The quantitative estimate of drug-likeness (QED) is 0.281. The van der Waals surface area contributed by atoms with Crippen LogP contribution in [0.2, 0.25) is 0 Å². The van der Waals surface area contributed by atoms with Crippen molar-refractivity contribution in [3.8, 4) is 0 Å². The van der Waals surface area contributed by atoms with Crippen LogP contribution in [0.5, 0.6) is 0 Å². The molecule has 21 heavy (non-hydrogen) atoms. The third-order valence-electron chi connectivity index (χ3n) is 4.24. The molecule has 3 heterocycles. The lowest BCUT2D eigenvalue weighted by Crippen LogP contribution is -2.54. The maximum absolute atomic E-state index is 6.05. The van der Waals surface area contributed by atoms with Crippen molar-refractivity contribution in [1.29, 1.82) is 0 Å². The van der Waals surface area contributed by atoms with Gasteiger partial charge < -0.3 is 20.7 Å². The van der Waals surface area contributed by atoms with Gasteiger partial charge in [-0.15, -0.1) is 5.11 Å². The molecule has 0 amide bonds. The van der Waals surface area contributed by atoms with Gasteiger partial charge in [0.2, 0.25) is 0 Å². The lowest BCUT2D eigenvalue weighted by molar-refractivity contribution is -0.0930. The Hall–Kier alpha value is -1.33. The summed E-state index contributed by atoms with van der Waals surface area (Å²) in [6.07, 6.45) is 2.32. The Kier molecular flexibility index (Phi) is 4.31. The first-order chi connectivity index (χ1) is 10.2. The Balaban J connectivity index is 1.70. The van der Waals surface area contributed by atoms with E-state index >= 15 is 0 Å². The van der Waals surface area contributed by atoms with E-state index < -0.39 is 0 Å². The van der Waals surface area contributed by atoms with Crippen molar-refractivity contribution in [2.45, 2.75) is 44.0 Å². The van der Waals surface area contributed by atoms with E-state index in [1.54, 1.807) is 6.34 Å². The number of nitrogens with zero attached hydrogens (tertiary/aromatic N) is 4. The molecule has 6 atom stereocenters. The largest absolute Gasteiger partial charge is 0.357 e. The minimum absolute atomic E-state index is 0.0154. The smallest absolute Gasteiger partial charge is 0.161 e. The number of nitrogens with one attached hydrogen (secondary N) is 2. The molecule has 118 valence electrons. The molecule has 0 aromatic heterocycles. The molecule has 3 unspecified atom stereocenters. The molecule has 2 fully saturated rings. The Morgan fingerprint density at radius 2 is 2.43 bits per heavy atom. The van der Waals surface area contributed by atoms with Gasteiger partial charge in [0.15, 0.2) is 6.17 Å². The fourth-order valence-electron chi connectivity index (χ4n) is 3.32. The van der Waals surface area contributed by atoms with Crippen molar-refractivity contribution >= 4 is 6.34 Å². The van der Waals surface area contributed by atoms with Gasteiger partial charge in [-0.25, -0.2) is 10.8 Å². The van der Waals surface area contributed by atoms with Crippen molar-refractivity contribution in [2.75, 3.05) is 13.3 Å². The number of aliphatic imine (C=N–C) groups is 1. The summed E-state index contributed by atoms with van der Waals surface area (Å²) >= 11 is 0. The summed E-state index contributed by atoms with van der Waals surface area (Å²) in [5, 5.41) is 13.8. The molecule has 0 aromatic carbocycles. The number of rotatable bonds is 4. The molecule has 3 rings (SSSR count). The van der Waals surface area contributed by atoms with Crippen LogP contribution in [-0.4, -0.2) is 55.2 Å². The van der Waals surface area contributed by atoms with Crippen molar-refractivity contribution in [3.05, 3.63) is 0 Å². The molecule has 0 aromatic rings. The molecule has 0 aliphatic carbocycles. The molecule has 0 radical (unpaired) electrons. The highest BCUT2D eigenvalue weighted by atomic mass is 16.6. The maximum Gasteiger partial charge on any atom is 0.161 e. The van der Waals surface area contributed by atoms with Gasteiger partial charge in [-0.2, -0.15) is 0 Å². The van der Waals surface area contributed by atoms with Gasteiger partial charge in [-0.3, -0.25) is 10.3 Å². The molecule has 0 bridgehead atoms. The van der Waals surface area contributed by atoms with Gasteiger partial charge in [-0.1, -0.05) is 12.1 Å². The van der Waals surface area contributed by atoms with E-state index in [4.69, 9.17) is 21.3 Å². The molecule has 10 heteroatoms. The zero-order valence-corrected chi connectivity index (χ0v) is 11.9. The zero-order chi connectivity index (χ0) is 14.8. The summed E-state index contributed by atoms with van der Waals surface area (Å²) in [7, 11) is 0. The average molecular weight is 298 g/mol. The van der Waals surface area contributed by atoms with Crippen LogP contribution in [0.15, 0.2) is 15.3 Å². The van der Waals surface area contributed by atoms with Crippen molar-refractivity contribution in [3.63, 3.8) is 0 Å². The van der Waals surface area contributed by atoms with E-state index in [-0.39, 0.29) is 30.7 Å². The highest BCUT2D eigenvalue weighted by molar-refractivity contribution is 5.57. The second-order valence-electron chi connectivity index (χ2n) is 5.63. The van der Waals surface area contributed by atoms with Crippen LogP contribution < -0.4 is 22.4 Å². The predicted molar refractivity (Wildman–Crippen MR) is 74.5 cm³/mol. The van der Waals surface area contributed by atoms with Crippen molar-refractivity contribution < 1.29 is 9.57 Å². The van der Waals surface area contributed by atoms with Crippen LogP contribution in [0.4, 0.5) is 0 Å². The molecule has 0 saturated carbocycles. The maximum atomic E-state index is 6.05. The lowest BCUT2D eigenvalue weighted by atomic mass is 10.0. The number of nitrogens with two attached hydrogens (primary N) is 2. The highest BCUT2D eigenvalue weighted by Gasteiger charge is 2.47. The Morgan fingerprint density at radius 3 is 3.19 bits per heavy atom. The van der Waals surface area contributed by atoms with E-state index in [1.165, 1.54) is 0 Å². The molecular weight excluding hydrogens is 276 g/mol. The van der Waals surface area contributed by atoms with Crippen molar-refractivity contribution in [2.24, 2.45) is 33.0 Å². The molecule has 2 saturated heterocycles. The molecule has 6 N–H and O–H groups in total. The van der Waals surface area contributed by atoms with Gasteiger partial charge in [0.25, 0.3) is 0 Å². The van der Waals surface area contributed by atoms with Crippen LogP contribution >= 0.6 is 0 Å². The van der Waals surface area contributed by atoms with Crippen LogP contribution in [0.1, 0.15) is 13.3 Å². The molecule has 3 aliphatic rings. The summed E-state index contributed by atoms with van der Waals surface area (Å²) in [5.41, 5.74) is 0. The normalized spacial score (nSPS) is 43.3. The Morgan fingerprint density at radius 1 is 1.57 bits per heavy atom. The standard InChI is InChI=1S/C11H22N8O2/c1-6-2-7(3-20-13)21-11(6)19-5-16-8-9(17-18-12)14-4-15-10(8)19/h4,6-11,16H,2-3,5,13H2,1H3,(H2,12,17)(H,14,15)/t6-,7-,8?,9?,10?,11+/m0/s1. The monoisotopic (exact) mass is 298 g/mol. The zero-order valence-electron chi connectivity index (χ0n) is 11.9. The van der Waals surface area contributed by atoms with Crippen molar-refractivity contribution in [1.82, 2.24) is 15.5 Å². The average Bonchev–Trinajstić information content (AvgIpc) is 3.04. The van der Waals surface area contributed by atoms with Crippen LogP contribution in [0.3, 0.4) is 0 Å². The first-order valence-corrected chi connectivity index (χ1v) is 7.08. The summed E-state index contributed by atoms with van der Waals surface area (Å²) in [5.74, 6) is 10.7. The third-order valence-corrected chi connectivity index (χ3v) is 4.24. The summed E-state index contributed by atoms with van der Waals surface area (Å²) in [6, 6.07) is 0.0166. The summed E-state index contributed by atoms with van der Waals surface area (Å²) in [4.78, 5) is 11.4. The van der Waals surface area contributed by atoms with E-state index in [2.05, 4.69) is 37.8 Å². The van der Waals surface area contributed by atoms with Gasteiger partial charge in [0.1, 0.15) is 12.4 Å². The Labute approximate surface area is 122 Å². The van der Waals surface area contributed by atoms with Crippen LogP contribution in [0.25, 0.3) is 0 Å². The van der Waals surface area contributed by atoms with Crippen LogP contribution in [0, 0.1) is 5.92 Å². The first-order valence-electron chi connectivity index (χ1n) is 7.08. The van der Waals surface area contributed by atoms with Gasteiger partial charge in [0.05, 0.1) is 31.8 Å². The highest BCUT2D eigenvalue weighted by Crippen LogP contribution is 2.33. The third kappa shape index (κ3) is 2.72. The van der Waals surface area contributed by atoms with E-state index in [1.807, 2.05) is 0 Å². The van der Waals surface area contributed by atoms with E-state index in [9.17, 15) is 0 Å². The lowest BCUT2D eigenvalue weighted by Gasteiger charge is -2.33. The SMILES string of the molecule is C[C@H]1C[C@@H](CON)O[C@H]1N1CNC2C(N=NN)NC=NC21. The molecule has 10 nitrogen and oxygen atoms in total. The predicted octanol–water partition coefficient (Wildman–Crippen LogP) is -1.53. The Bertz CT molecular complexity index is 419. The molecular formula is C11H22N8O2. The van der Waals surface area contributed by atoms with Crippen LogP contribution in [-0.2, 0) is 9.57 Å². The van der Waals surface area contributed by atoms with E-state index in [0.29, 0.717) is 19.2 Å². The fraction of sp³-hybridized carbons (Fsp3) is 0.909. The topological polar surface area (TPSA) is 135 Å². The second kappa shape index (κ2) is 6.20.